The molecule has 27 heavy (non-hydrogen) atoms. The molecule has 7 nitrogen and oxygen atoms in total. The average molecular weight is 370 g/mol. The highest BCUT2D eigenvalue weighted by atomic mass is 16.5. The number of likely N-dealkylation sites (tertiary alicyclic amines) is 1. The van der Waals surface area contributed by atoms with E-state index in [2.05, 4.69) is 10.3 Å². The molecule has 0 spiro atoms. The Morgan fingerprint density at radius 1 is 1.07 bits per heavy atom. The molecule has 0 aliphatic carbocycles. The molecule has 1 aromatic heterocycles. The van der Waals surface area contributed by atoms with Crippen LogP contribution in [-0.2, 0) is 16.0 Å². The lowest BCUT2D eigenvalue weighted by Gasteiger charge is -2.30. The number of morpholine rings is 1. The summed E-state index contributed by atoms with van der Waals surface area (Å²) in [6.45, 7) is 3.75. The molecule has 4 rings (SSSR count). The first kappa shape index (κ1) is 17.9. The molecule has 2 N–H and O–H groups in total. The van der Waals surface area contributed by atoms with Crippen LogP contribution in [0.4, 0.5) is 4.79 Å². The lowest BCUT2D eigenvalue weighted by atomic mass is 10.0. The lowest BCUT2D eigenvalue weighted by Crippen LogP contribution is -2.54. The number of hydrogen-bond donors (Lipinski definition) is 2. The molecule has 0 saturated carbocycles. The molecule has 3 amide bonds. The predicted molar refractivity (Wildman–Crippen MR) is 103 cm³/mol. The molecule has 2 aliphatic rings. The number of fused-ring (bicyclic) bond motifs is 1. The summed E-state index contributed by atoms with van der Waals surface area (Å²) < 4.78 is 5.32. The first-order chi connectivity index (χ1) is 13.2. The highest BCUT2D eigenvalue weighted by Gasteiger charge is 2.30. The minimum absolute atomic E-state index is 0.0133. The number of carbonyl (C=O) groups excluding carboxylic acids is 2. The number of nitrogens with one attached hydrogen (secondary N) is 2. The van der Waals surface area contributed by atoms with Gasteiger partial charge in [0.25, 0.3) is 0 Å². The van der Waals surface area contributed by atoms with Crippen LogP contribution in [-0.4, -0.2) is 72.2 Å². The maximum Gasteiger partial charge on any atom is 0.318 e. The summed E-state index contributed by atoms with van der Waals surface area (Å²) in [7, 11) is 0. The van der Waals surface area contributed by atoms with Crippen molar-refractivity contribution in [3.8, 4) is 0 Å². The standard InChI is InChI=1S/C20H26N4O3/c25-19(23-7-3-4-8-23)18(22-20(26)24-9-11-27-12-10-24)13-15-14-21-17-6-2-1-5-16(15)17/h1-2,5-6,14,18,21H,3-4,7-13H2,(H,22,26)/t18-/m0/s1. The van der Waals surface area contributed by atoms with Crippen molar-refractivity contribution in [2.75, 3.05) is 39.4 Å². The van der Waals surface area contributed by atoms with Gasteiger partial charge < -0.3 is 24.8 Å². The molecular formula is C20H26N4O3. The van der Waals surface area contributed by atoms with Crippen molar-refractivity contribution in [1.29, 1.82) is 0 Å². The summed E-state index contributed by atoms with van der Waals surface area (Å²) in [5.74, 6) is 0.0133. The number of aromatic amines is 1. The molecule has 3 heterocycles. The van der Waals surface area contributed by atoms with E-state index in [1.54, 1.807) is 4.90 Å². The molecule has 1 atom stereocenters. The molecule has 7 heteroatoms. The van der Waals surface area contributed by atoms with Gasteiger partial charge in [-0.1, -0.05) is 18.2 Å². The van der Waals surface area contributed by atoms with E-state index in [1.165, 1.54) is 0 Å². The van der Waals surface area contributed by atoms with E-state index in [4.69, 9.17) is 4.74 Å². The summed E-state index contributed by atoms with van der Waals surface area (Å²) >= 11 is 0. The van der Waals surface area contributed by atoms with E-state index in [0.29, 0.717) is 32.7 Å². The molecule has 0 bridgehead atoms. The SMILES string of the molecule is O=C(N[C@@H](Cc1c[nH]c2ccccc12)C(=O)N1CCCC1)N1CCOCC1. The van der Waals surface area contributed by atoms with E-state index in [0.717, 1.165) is 42.4 Å². The molecule has 1 aromatic carbocycles. The quantitative estimate of drug-likeness (QED) is 0.861. The van der Waals surface area contributed by atoms with Gasteiger partial charge in [0.05, 0.1) is 13.2 Å². The summed E-state index contributed by atoms with van der Waals surface area (Å²) in [4.78, 5) is 32.6. The minimum atomic E-state index is -0.558. The predicted octanol–water partition coefficient (Wildman–Crippen LogP) is 1.74. The number of rotatable bonds is 4. The molecule has 2 aliphatic heterocycles. The van der Waals surface area contributed by atoms with Gasteiger partial charge in [0.1, 0.15) is 6.04 Å². The van der Waals surface area contributed by atoms with Crippen molar-refractivity contribution < 1.29 is 14.3 Å². The monoisotopic (exact) mass is 370 g/mol. The smallest absolute Gasteiger partial charge is 0.318 e. The second-order valence-electron chi connectivity index (χ2n) is 7.20. The zero-order valence-corrected chi connectivity index (χ0v) is 15.4. The summed E-state index contributed by atoms with van der Waals surface area (Å²) in [5, 5.41) is 4.09. The topological polar surface area (TPSA) is 77.7 Å². The Kier molecular flexibility index (Phi) is 5.29. The molecule has 2 aromatic rings. The number of para-hydroxylation sites is 1. The van der Waals surface area contributed by atoms with Crippen LogP contribution < -0.4 is 5.32 Å². The van der Waals surface area contributed by atoms with Crippen LogP contribution in [0.2, 0.25) is 0 Å². The number of nitrogens with zero attached hydrogens (tertiary/aromatic N) is 2. The Hall–Kier alpha value is -2.54. The first-order valence-corrected chi connectivity index (χ1v) is 9.69. The highest BCUT2D eigenvalue weighted by molar-refractivity contribution is 5.89. The van der Waals surface area contributed by atoms with Gasteiger partial charge in [0.2, 0.25) is 5.91 Å². The van der Waals surface area contributed by atoms with Gasteiger partial charge in [-0.05, 0) is 24.5 Å². The van der Waals surface area contributed by atoms with E-state index < -0.39 is 6.04 Å². The normalized spacial score (nSPS) is 18.7. The fraction of sp³-hybridized carbons (Fsp3) is 0.500. The van der Waals surface area contributed by atoms with Gasteiger partial charge >= 0.3 is 6.03 Å². The Labute approximate surface area is 158 Å². The highest BCUT2D eigenvalue weighted by Crippen LogP contribution is 2.20. The van der Waals surface area contributed by atoms with Crippen LogP contribution in [0.25, 0.3) is 10.9 Å². The second kappa shape index (κ2) is 8.00. The minimum Gasteiger partial charge on any atom is -0.378 e. The number of amides is 3. The maximum atomic E-state index is 13.1. The van der Waals surface area contributed by atoms with E-state index in [1.807, 2.05) is 35.4 Å². The summed E-state index contributed by atoms with van der Waals surface area (Å²) in [5.41, 5.74) is 2.09. The van der Waals surface area contributed by atoms with Gasteiger partial charge in [-0.2, -0.15) is 0 Å². The maximum absolute atomic E-state index is 13.1. The van der Waals surface area contributed by atoms with Gasteiger partial charge in [0, 0.05) is 49.7 Å². The summed E-state index contributed by atoms with van der Waals surface area (Å²) in [6.07, 6.45) is 4.48. The molecular weight excluding hydrogens is 344 g/mol. The summed E-state index contributed by atoms with van der Waals surface area (Å²) in [6, 6.07) is 7.29. The number of carbonyl (C=O) groups is 2. The molecule has 144 valence electrons. The Morgan fingerprint density at radius 3 is 2.59 bits per heavy atom. The van der Waals surface area contributed by atoms with Gasteiger partial charge in [-0.25, -0.2) is 4.79 Å². The Balaban J connectivity index is 1.53. The number of H-pyrrole nitrogens is 1. The number of urea groups is 1. The van der Waals surface area contributed by atoms with Gasteiger partial charge in [0.15, 0.2) is 0 Å². The van der Waals surface area contributed by atoms with E-state index in [9.17, 15) is 9.59 Å². The number of aromatic nitrogens is 1. The number of ether oxygens (including phenoxy) is 1. The first-order valence-electron chi connectivity index (χ1n) is 9.69. The van der Waals surface area contributed by atoms with Crippen molar-refractivity contribution >= 4 is 22.8 Å². The number of hydrogen-bond acceptors (Lipinski definition) is 3. The Bertz CT molecular complexity index is 806. The van der Waals surface area contributed by atoms with Crippen LogP contribution in [0.5, 0.6) is 0 Å². The third kappa shape index (κ3) is 3.93. The zero-order valence-electron chi connectivity index (χ0n) is 15.4. The van der Waals surface area contributed by atoms with Crippen LogP contribution in [0, 0.1) is 0 Å². The molecule has 2 saturated heterocycles. The van der Waals surface area contributed by atoms with Crippen LogP contribution in [0.15, 0.2) is 30.5 Å². The molecule has 0 radical (unpaired) electrons. The van der Waals surface area contributed by atoms with Gasteiger partial charge in [-0.15, -0.1) is 0 Å². The lowest BCUT2D eigenvalue weighted by molar-refractivity contribution is -0.132. The van der Waals surface area contributed by atoms with Crippen molar-refractivity contribution in [3.05, 3.63) is 36.0 Å². The van der Waals surface area contributed by atoms with Crippen molar-refractivity contribution in [2.24, 2.45) is 0 Å². The van der Waals surface area contributed by atoms with Crippen molar-refractivity contribution in [3.63, 3.8) is 0 Å². The average Bonchev–Trinajstić information content (AvgIpc) is 3.38. The van der Waals surface area contributed by atoms with Crippen LogP contribution in [0.3, 0.4) is 0 Å². The third-order valence-electron chi connectivity index (χ3n) is 5.41. The van der Waals surface area contributed by atoms with Crippen LogP contribution in [0.1, 0.15) is 18.4 Å². The second-order valence-corrected chi connectivity index (χ2v) is 7.20. The third-order valence-corrected chi connectivity index (χ3v) is 5.41. The Morgan fingerprint density at radius 2 is 1.81 bits per heavy atom. The largest absolute Gasteiger partial charge is 0.378 e. The fourth-order valence-corrected chi connectivity index (χ4v) is 3.89. The van der Waals surface area contributed by atoms with E-state index in [-0.39, 0.29) is 11.9 Å². The van der Waals surface area contributed by atoms with Crippen LogP contribution >= 0.6 is 0 Å². The fourth-order valence-electron chi connectivity index (χ4n) is 3.89. The molecule has 2 fully saturated rings. The number of benzene rings is 1. The van der Waals surface area contributed by atoms with Gasteiger partial charge in [-0.3, -0.25) is 4.79 Å². The van der Waals surface area contributed by atoms with Crippen molar-refractivity contribution in [2.45, 2.75) is 25.3 Å². The zero-order chi connectivity index (χ0) is 18.6. The van der Waals surface area contributed by atoms with Crippen molar-refractivity contribution in [1.82, 2.24) is 20.1 Å². The molecule has 0 unspecified atom stereocenters. The van der Waals surface area contributed by atoms with E-state index >= 15 is 0 Å².